The number of hydrogen-bond acceptors (Lipinski definition) is 3. The van der Waals surface area contributed by atoms with Crippen molar-refractivity contribution in [1.82, 2.24) is 19.9 Å². The fourth-order valence-electron chi connectivity index (χ4n) is 2.80. The van der Waals surface area contributed by atoms with Gasteiger partial charge in [-0.1, -0.05) is 0 Å². The zero-order valence-corrected chi connectivity index (χ0v) is 13.2. The Morgan fingerprint density at radius 3 is 2.96 bits per heavy atom. The summed E-state index contributed by atoms with van der Waals surface area (Å²) >= 11 is 0. The molecule has 6 nitrogen and oxygen atoms in total. The molecule has 4 rings (SSSR count). The first-order valence-electron chi connectivity index (χ1n) is 8.12. The van der Waals surface area contributed by atoms with E-state index in [1.54, 1.807) is 18.5 Å². The van der Waals surface area contributed by atoms with Crippen LogP contribution in [-0.4, -0.2) is 27.0 Å². The quantitative estimate of drug-likeness (QED) is 0.754. The second-order valence-corrected chi connectivity index (χ2v) is 6.16. The smallest absolute Gasteiger partial charge is 0.253 e. The minimum atomic E-state index is -0.145. The van der Waals surface area contributed by atoms with Crippen LogP contribution in [0.25, 0.3) is 10.9 Å². The van der Waals surface area contributed by atoms with Crippen LogP contribution in [0.3, 0.4) is 0 Å². The van der Waals surface area contributed by atoms with Crippen LogP contribution in [0.1, 0.15) is 34.8 Å². The van der Waals surface area contributed by atoms with E-state index in [-0.39, 0.29) is 11.5 Å². The van der Waals surface area contributed by atoms with Crippen LogP contribution >= 0.6 is 0 Å². The number of nitrogens with zero attached hydrogens (tertiary/aromatic N) is 2. The first-order chi connectivity index (χ1) is 11.7. The van der Waals surface area contributed by atoms with Crippen molar-refractivity contribution in [3.63, 3.8) is 0 Å². The van der Waals surface area contributed by atoms with Gasteiger partial charge in [0.05, 0.1) is 12.0 Å². The van der Waals surface area contributed by atoms with Crippen LogP contribution < -0.4 is 10.9 Å². The zero-order valence-electron chi connectivity index (χ0n) is 13.2. The first-order valence-corrected chi connectivity index (χ1v) is 8.12. The van der Waals surface area contributed by atoms with E-state index in [0.717, 1.165) is 29.4 Å². The molecule has 3 aromatic rings. The molecule has 0 spiro atoms. The number of rotatable bonds is 5. The molecule has 1 aliphatic carbocycles. The number of hydrogen-bond donors (Lipinski definition) is 2. The predicted molar refractivity (Wildman–Crippen MR) is 91.1 cm³/mol. The highest BCUT2D eigenvalue weighted by molar-refractivity contribution is 5.98. The van der Waals surface area contributed by atoms with E-state index < -0.39 is 0 Å². The van der Waals surface area contributed by atoms with Gasteiger partial charge in [-0.15, -0.1) is 0 Å². The van der Waals surface area contributed by atoms with E-state index in [4.69, 9.17) is 0 Å². The maximum atomic E-state index is 12.2. The van der Waals surface area contributed by atoms with Gasteiger partial charge in [-0.3, -0.25) is 14.2 Å². The summed E-state index contributed by atoms with van der Waals surface area (Å²) in [6, 6.07) is 9.05. The number of H-pyrrole nitrogens is 1. The van der Waals surface area contributed by atoms with E-state index in [0.29, 0.717) is 24.6 Å². The fraction of sp³-hybridized carbons (Fsp3) is 0.278. The number of nitrogens with one attached hydrogen (secondary N) is 2. The molecule has 0 radical (unpaired) electrons. The van der Waals surface area contributed by atoms with Gasteiger partial charge in [0.15, 0.2) is 0 Å². The maximum Gasteiger partial charge on any atom is 0.253 e. The normalized spacial score (nSPS) is 14.0. The Hall–Kier alpha value is -2.89. The lowest BCUT2D eigenvalue weighted by atomic mass is 10.1. The molecule has 24 heavy (non-hydrogen) atoms. The second kappa shape index (κ2) is 5.96. The molecule has 0 atom stereocenters. The van der Waals surface area contributed by atoms with E-state index >= 15 is 0 Å². The Balaban J connectivity index is 1.38. The van der Waals surface area contributed by atoms with Crippen LogP contribution in [0, 0.1) is 0 Å². The minimum Gasteiger partial charge on any atom is -0.361 e. The van der Waals surface area contributed by atoms with Gasteiger partial charge in [-0.25, -0.2) is 4.98 Å². The lowest BCUT2D eigenvalue weighted by Crippen LogP contribution is -2.31. The van der Waals surface area contributed by atoms with Crippen molar-refractivity contribution in [2.24, 2.45) is 0 Å². The third kappa shape index (κ3) is 2.95. The van der Waals surface area contributed by atoms with Crippen LogP contribution in [0.4, 0.5) is 0 Å². The van der Waals surface area contributed by atoms with Crippen molar-refractivity contribution in [3.8, 4) is 0 Å². The van der Waals surface area contributed by atoms with Crippen LogP contribution in [0.2, 0.25) is 0 Å². The maximum absolute atomic E-state index is 12.2. The zero-order chi connectivity index (χ0) is 16.5. The molecular weight excluding hydrogens is 304 g/mol. The average Bonchev–Trinajstić information content (AvgIpc) is 3.33. The number of carbonyl (C=O) groups excluding carboxylic acids is 1. The van der Waals surface area contributed by atoms with Crippen molar-refractivity contribution in [2.75, 3.05) is 6.54 Å². The lowest BCUT2D eigenvalue weighted by molar-refractivity contribution is 0.0952. The van der Waals surface area contributed by atoms with Gasteiger partial charge in [-0.2, -0.15) is 0 Å². The Morgan fingerprint density at radius 1 is 1.29 bits per heavy atom. The fourth-order valence-corrected chi connectivity index (χ4v) is 2.80. The highest BCUT2D eigenvalue weighted by Crippen LogP contribution is 2.38. The summed E-state index contributed by atoms with van der Waals surface area (Å²) in [6.07, 6.45) is 5.67. The highest BCUT2D eigenvalue weighted by Gasteiger charge is 2.25. The number of fused-ring (bicyclic) bond motifs is 1. The molecular formula is C18H18N4O2. The summed E-state index contributed by atoms with van der Waals surface area (Å²) in [5.41, 5.74) is 2.44. The summed E-state index contributed by atoms with van der Waals surface area (Å²) in [5, 5.41) is 3.84. The number of benzene rings is 1. The van der Waals surface area contributed by atoms with Gasteiger partial charge in [0, 0.05) is 47.7 Å². The molecule has 1 saturated carbocycles. The first kappa shape index (κ1) is 14.7. The lowest BCUT2D eigenvalue weighted by Gasteiger charge is -2.08. The number of amides is 1. The van der Waals surface area contributed by atoms with Gasteiger partial charge >= 0.3 is 0 Å². The van der Waals surface area contributed by atoms with E-state index in [1.165, 1.54) is 4.57 Å². The Kier molecular flexibility index (Phi) is 3.65. The molecule has 1 aliphatic rings. The molecule has 2 heterocycles. The van der Waals surface area contributed by atoms with E-state index in [2.05, 4.69) is 15.3 Å². The van der Waals surface area contributed by atoms with Gasteiger partial charge < -0.3 is 10.3 Å². The molecule has 1 fully saturated rings. The SMILES string of the molecule is O=C(NCCn1cnc(C2CC2)cc1=O)c1ccc2[nH]ccc2c1. The molecule has 122 valence electrons. The van der Waals surface area contributed by atoms with E-state index in [1.807, 2.05) is 24.4 Å². The average molecular weight is 322 g/mol. The number of carbonyl (C=O) groups is 1. The molecule has 1 aromatic carbocycles. The number of aromatic amines is 1. The molecule has 0 aliphatic heterocycles. The Bertz CT molecular complexity index is 953. The summed E-state index contributed by atoms with van der Waals surface area (Å²) < 4.78 is 1.53. The van der Waals surface area contributed by atoms with Gasteiger partial charge in [-0.05, 0) is 37.1 Å². The summed E-state index contributed by atoms with van der Waals surface area (Å²) in [5.74, 6) is 0.323. The van der Waals surface area contributed by atoms with Gasteiger partial charge in [0.2, 0.25) is 0 Å². The largest absolute Gasteiger partial charge is 0.361 e. The van der Waals surface area contributed by atoms with E-state index in [9.17, 15) is 9.59 Å². The second-order valence-electron chi connectivity index (χ2n) is 6.16. The van der Waals surface area contributed by atoms with Crippen molar-refractivity contribution < 1.29 is 4.79 Å². The monoisotopic (exact) mass is 322 g/mol. The Morgan fingerprint density at radius 2 is 2.17 bits per heavy atom. The molecule has 2 aromatic heterocycles. The third-order valence-corrected chi connectivity index (χ3v) is 4.35. The predicted octanol–water partition coefficient (Wildman–Crippen LogP) is 2.03. The van der Waals surface area contributed by atoms with Gasteiger partial charge in [0.1, 0.15) is 0 Å². The van der Waals surface area contributed by atoms with Crippen molar-refractivity contribution >= 4 is 16.8 Å². The highest BCUT2D eigenvalue weighted by atomic mass is 16.1. The van der Waals surface area contributed by atoms with Crippen molar-refractivity contribution in [1.29, 1.82) is 0 Å². The molecule has 0 unspecified atom stereocenters. The minimum absolute atomic E-state index is 0.0603. The summed E-state index contributed by atoms with van der Waals surface area (Å²) in [7, 11) is 0. The molecule has 1 amide bonds. The topological polar surface area (TPSA) is 79.8 Å². The van der Waals surface area contributed by atoms with Crippen LogP contribution in [-0.2, 0) is 6.54 Å². The summed E-state index contributed by atoms with van der Waals surface area (Å²) in [6.45, 7) is 0.795. The Labute approximate surface area is 138 Å². The molecule has 6 heteroatoms. The molecule has 0 bridgehead atoms. The van der Waals surface area contributed by atoms with Gasteiger partial charge in [0.25, 0.3) is 11.5 Å². The molecule has 2 N–H and O–H groups in total. The van der Waals surface area contributed by atoms with Crippen molar-refractivity contribution in [3.05, 3.63) is 64.5 Å². The number of aromatic nitrogens is 3. The summed E-state index contributed by atoms with van der Waals surface area (Å²) in [4.78, 5) is 31.7. The standard InChI is InChI=1S/C18H18N4O2/c23-17-10-16(12-1-2-12)21-11-22(17)8-7-20-18(24)14-3-4-15-13(9-14)5-6-19-15/h3-6,9-12,19H,1-2,7-8H2,(H,20,24). The van der Waals surface area contributed by atoms with Crippen LogP contribution in [0.15, 0.2) is 47.7 Å². The van der Waals surface area contributed by atoms with Crippen molar-refractivity contribution in [2.45, 2.75) is 25.3 Å². The molecule has 0 saturated heterocycles. The van der Waals surface area contributed by atoms with Crippen LogP contribution in [0.5, 0.6) is 0 Å². The third-order valence-electron chi connectivity index (χ3n) is 4.35.